The van der Waals surface area contributed by atoms with Crippen molar-refractivity contribution in [1.29, 1.82) is 0 Å². The lowest BCUT2D eigenvalue weighted by molar-refractivity contribution is 1.01. The number of hydrogen-bond acceptors (Lipinski definition) is 3. The van der Waals surface area contributed by atoms with E-state index in [1.165, 1.54) is 11.3 Å². The van der Waals surface area contributed by atoms with Crippen LogP contribution in [0.15, 0.2) is 18.5 Å². The Morgan fingerprint density at radius 1 is 1.54 bits per heavy atom. The molecule has 0 bridgehead atoms. The van der Waals surface area contributed by atoms with Gasteiger partial charge in [-0.05, 0) is 12.1 Å². The fourth-order valence-corrected chi connectivity index (χ4v) is 2.20. The first-order valence-corrected chi connectivity index (χ1v) is 4.98. The number of thiophene rings is 1. The Bertz CT molecular complexity index is 407. The summed E-state index contributed by atoms with van der Waals surface area (Å²) in [7, 11) is 0. The number of H-pyrrole nitrogens is 1. The van der Waals surface area contributed by atoms with Crippen molar-refractivity contribution in [3.8, 4) is 10.6 Å². The molecule has 0 saturated carbocycles. The molecule has 0 aliphatic carbocycles. The van der Waals surface area contributed by atoms with Crippen LogP contribution in [0.25, 0.3) is 10.6 Å². The number of rotatable bonds is 2. The Morgan fingerprint density at radius 2 is 2.38 bits per heavy atom. The Hall–Kier alpha value is -0.840. The van der Waals surface area contributed by atoms with Gasteiger partial charge in [-0.3, -0.25) is 0 Å². The van der Waals surface area contributed by atoms with Crippen molar-refractivity contribution in [1.82, 2.24) is 9.97 Å². The SMILES string of the molecule is NCc1[nH]cnc1-c1ccc(Cl)s1. The van der Waals surface area contributed by atoms with Gasteiger partial charge in [0.1, 0.15) is 5.69 Å². The average molecular weight is 214 g/mol. The fourth-order valence-electron chi connectivity index (χ4n) is 1.13. The highest BCUT2D eigenvalue weighted by Gasteiger charge is 2.08. The molecule has 0 aliphatic rings. The maximum atomic E-state index is 5.82. The Kier molecular flexibility index (Phi) is 2.35. The van der Waals surface area contributed by atoms with Crippen molar-refractivity contribution >= 4 is 22.9 Å². The molecule has 0 atom stereocenters. The van der Waals surface area contributed by atoms with Gasteiger partial charge < -0.3 is 10.7 Å². The molecule has 0 saturated heterocycles. The van der Waals surface area contributed by atoms with Gasteiger partial charge in [-0.25, -0.2) is 4.98 Å². The number of aromatic nitrogens is 2. The van der Waals surface area contributed by atoms with Crippen molar-refractivity contribution in [2.45, 2.75) is 6.54 Å². The van der Waals surface area contributed by atoms with Gasteiger partial charge in [-0.1, -0.05) is 11.6 Å². The lowest BCUT2D eigenvalue weighted by atomic mass is 10.3. The molecule has 0 aromatic carbocycles. The number of halogens is 1. The molecule has 3 nitrogen and oxygen atoms in total. The number of hydrogen-bond donors (Lipinski definition) is 2. The normalized spacial score (nSPS) is 10.6. The van der Waals surface area contributed by atoms with E-state index in [-0.39, 0.29) is 0 Å². The van der Waals surface area contributed by atoms with E-state index < -0.39 is 0 Å². The largest absolute Gasteiger partial charge is 0.347 e. The molecule has 0 unspecified atom stereocenters. The van der Waals surface area contributed by atoms with E-state index in [0.717, 1.165) is 20.6 Å². The minimum Gasteiger partial charge on any atom is -0.347 e. The molecule has 2 aromatic rings. The highest BCUT2D eigenvalue weighted by molar-refractivity contribution is 7.19. The van der Waals surface area contributed by atoms with Crippen LogP contribution in [0, 0.1) is 0 Å². The second-order valence-corrected chi connectivity index (χ2v) is 4.25. The summed E-state index contributed by atoms with van der Waals surface area (Å²) in [6.07, 6.45) is 1.64. The van der Waals surface area contributed by atoms with Crippen molar-refractivity contribution < 1.29 is 0 Å². The molecule has 68 valence electrons. The number of nitrogens with zero attached hydrogens (tertiary/aromatic N) is 1. The van der Waals surface area contributed by atoms with Crippen LogP contribution in [0.4, 0.5) is 0 Å². The van der Waals surface area contributed by atoms with Gasteiger partial charge in [-0.2, -0.15) is 0 Å². The minimum atomic E-state index is 0.463. The van der Waals surface area contributed by atoms with Crippen LogP contribution in [0.2, 0.25) is 4.34 Å². The van der Waals surface area contributed by atoms with Gasteiger partial charge in [0.05, 0.1) is 21.2 Å². The molecule has 3 N–H and O–H groups in total. The van der Waals surface area contributed by atoms with Crippen LogP contribution in [0.5, 0.6) is 0 Å². The van der Waals surface area contributed by atoms with Gasteiger partial charge in [0, 0.05) is 6.54 Å². The quantitative estimate of drug-likeness (QED) is 0.804. The average Bonchev–Trinajstić information content (AvgIpc) is 2.71. The Morgan fingerprint density at radius 3 is 3.00 bits per heavy atom. The smallest absolute Gasteiger partial charge is 0.103 e. The van der Waals surface area contributed by atoms with Crippen LogP contribution in [0.1, 0.15) is 5.69 Å². The van der Waals surface area contributed by atoms with Crippen LogP contribution < -0.4 is 5.73 Å². The molecule has 13 heavy (non-hydrogen) atoms. The van der Waals surface area contributed by atoms with Crippen LogP contribution in [-0.4, -0.2) is 9.97 Å². The van der Waals surface area contributed by atoms with Gasteiger partial charge in [-0.15, -0.1) is 11.3 Å². The third-order valence-corrected chi connectivity index (χ3v) is 2.97. The molecule has 0 spiro atoms. The van der Waals surface area contributed by atoms with E-state index in [1.54, 1.807) is 6.33 Å². The van der Waals surface area contributed by atoms with Crippen LogP contribution in [-0.2, 0) is 6.54 Å². The zero-order valence-electron chi connectivity index (χ0n) is 6.75. The number of imidazole rings is 1. The van der Waals surface area contributed by atoms with E-state index in [2.05, 4.69) is 9.97 Å². The van der Waals surface area contributed by atoms with Crippen LogP contribution in [0.3, 0.4) is 0 Å². The van der Waals surface area contributed by atoms with E-state index in [4.69, 9.17) is 17.3 Å². The lowest BCUT2D eigenvalue weighted by Gasteiger charge is -1.94. The predicted octanol–water partition coefficient (Wildman–Crippen LogP) is 2.25. The standard InChI is InChI=1S/C8H8ClN3S/c9-7-2-1-6(13-7)8-5(3-10)11-4-12-8/h1-2,4H,3,10H2,(H,11,12). The predicted molar refractivity (Wildman–Crippen MR) is 54.8 cm³/mol. The summed E-state index contributed by atoms with van der Waals surface area (Å²) >= 11 is 7.32. The molecule has 0 aliphatic heterocycles. The van der Waals surface area contributed by atoms with Crippen molar-refractivity contribution in [3.05, 3.63) is 28.5 Å². The third-order valence-electron chi connectivity index (χ3n) is 1.73. The first-order chi connectivity index (χ1) is 6.31. The highest BCUT2D eigenvalue weighted by atomic mass is 35.5. The van der Waals surface area contributed by atoms with E-state index in [9.17, 15) is 0 Å². The van der Waals surface area contributed by atoms with Gasteiger partial charge >= 0.3 is 0 Å². The van der Waals surface area contributed by atoms with Gasteiger partial charge in [0.2, 0.25) is 0 Å². The molecule has 5 heteroatoms. The third kappa shape index (κ3) is 1.60. The summed E-state index contributed by atoms with van der Waals surface area (Å²) in [6, 6.07) is 3.80. The maximum Gasteiger partial charge on any atom is 0.103 e. The van der Waals surface area contributed by atoms with Crippen molar-refractivity contribution in [2.24, 2.45) is 5.73 Å². The fraction of sp³-hybridized carbons (Fsp3) is 0.125. The molecule has 0 fully saturated rings. The Labute approximate surface area is 84.6 Å². The molecule has 0 radical (unpaired) electrons. The monoisotopic (exact) mass is 213 g/mol. The second-order valence-electron chi connectivity index (χ2n) is 2.54. The number of aromatic amines is 1. The molecular formula is C8H8ClN3S. The molecule has 0 amide bonds. The summed E-state index contributed by atoms with van der Waals surface area (Å²) in [5, 5.41) is 0. The summed E-state index contributed by atoms with van der Waals surface area (Å²) in [6.45, 7) is 0.463. The zero-order chi connectivity index (χ0) is 9.26. The summed E-state index contributed by atoms with van der Waals surface area (Å²) in [5.41, 5.74) is 7.38. The lowest BCUT2D eigenvalue weighted by Crippen LogP contribution is -1.97. The van der Waals surface area contributed by atoms with Gasteiger partial charge in [0.25, 0.3) is 0 Å². The first kappa shape index (κ1) is 8.74. The van der Waals surface area contributed by atoms with Crippen molar-refractivity contribution in [3.63, 3.8) is 0 Å². The molecular weight excluding hydrogens is 206 g/mol. The minimum absolute atomic E-state index is 0.463. The number of nitrogens with one attached hydrogen (secondary N) is 1. The maximum absolute atomic E-state index is 5.82. The van der Waals surface area contributed by atoms with Gasteiger partial charge in [0.15, 0.2) is 0 Å². The summed E-state index contributed by atoms with van der Waals surface area (Å²) in [5.74, 6) is 0. The van der Waals surface area contributed by atoms with Crippen molar-refractivity contribution in [2.75, 3.05) is 0 Å². The van der Waals surface area contributed by atoms with E-state index in [1.807, 2.05) is 12.1 Å². The second kappa shape index (κ2) is 3.49. The first-order valence-electron chi connectivity index (χ1n) is 3.79. The molecule has 2 heterocycles. The van der Waals surface area contributed by atoms with E-state index in [0.29, 0.717) is 6.54 Å². The van der Waals surface area contributed by atoms with E-state index >= 15 is 0 Å². The summed E-state index contributed by atoms with van der Waals surface area (Å²) < 4.78 is 0.765. The van der Waals surface area contributed by atoms with Crippen LogP contribution >= 0.6 is 22.9 Å². The number of nitrogens with two attached hydrogens (primary N) is 1. The highest BCUT2D eigenvalue weighted by Crippen LogP contribution is 2.30. The molecule has 2 aromatic heterocycles. The zero-order valence-corrected chi connectivity index (χ0v) is 8.32. The Balaban J connectivity index is 2.45. The topological polar surface area (TPSA) is 54.7 Å². The summed E-state index contributed by atoms with van der Waals surface area (Å²) in [4.78, 5) is 8.23. The molecule has 2 rings (SSSR count).